The van der Waals surface area contributed by atoms with Crippen LogP contribution in [0.25, 0.3) is 6.08 Å². The van der Waals surface area contributed by atoms with E-state index in [0.29, 0.717) is 17.9 Å². The van der Waals surface area contributed by atoms with E-state index in [1.807, 2.05) is 6.07 Å². The molecule has 0 spiro atoms. The van der Waals surface area contributed by atoms with Crippen molar-refractivity contribution < 1.29 is 14.6 Å². The van der Waals surface area contributed by atoms with Gasteiger partial charge in [0, 0.05) is 16.6 Å². The first-order chi connectivity index (χ1) is 10.6. The van der Waals surface area contributed by atoms with Crippen LogP contribution in [0.5, 0.6) is 5.75 Å². The van der Waals surface area contributed by atoms with Crippen molar-refractivity contribution in [1.29, 1.82) is 5.26 Å². The maximum atomic E-state index is 11.0. The van der Waals surface area contributed by atoms with Crippen LogP contribution in [0, 0.1) is 11.3 Å². The second kappa shape index (κ2) is 7.97. The molecule has 0 aromatic heterocycles. The van der Waals surface area contributed by atoms with Crippen LogP contribution in [0.1, 0.15) is 18.4 Å². The molecule has 0 bridgehead atoms. The van der Waals surface area contributed by atoms with E-state index in [-0.39, 0.29) is 5.57 Å². The van der Waals surface area contributed by atoms with Crippen molar-refractivity contribution in [3.63, 3.8) is 0 Å². The molecule has 5 nitrogen and oxygen atoms in total. The molecule has 0 saturated carbocycles. The quantitative estimate of drug-likeness (QED) is 0.620. The van der Waals surface area contributed by atoms with Crippen molar-refractivity contribution >= 4 is 28.0 Å². The highest BCUT2D eigenvalue weighted by Gasteiger charge is 2.12. The third kappa shape index (κ3) is 4.58. The number of hydrogen-bond acceptors (Lipinski definition) is 4. The van der Waals surface area contributed by atoms with Crippen LogP contribution in [0.4, 0.5) is 0 Å². The fraction of sp³-hybridized carbons (Fsp3) is 0.375. The van der Waals surface area contributed by atoms with Crippen LogP contribution in [0.15, 0.2) is 28.2 Å². The van der Waals surface area contributed by atoms with Crippen LogP contribution < -0.4 is 4.74 Å². The van der Waals surface area contributed by atoms with Gasteiger partial charge in [-0.3, -0.25) is 4.90 Å². The Morgan fingerprint density at radius 2 is 2.18 bits per heavy atom. The molecule has 0 atom stereocenters. The Kier molecular flexibility index (Phi) is 5.99. The minimum atomic E-state index is -1.24. The molecule has 6 heteroatoms. The molecule has 1 heterocycles. The van der Waals surface area contributed by atoms with E-state index in [0.717, 1.165) is 24.1 Å². The number of nitrogens with zero attached hydrogens (tertiary/aromatic N) is 2. The highest BCUT2D eigenvalue weighted by molar-refractivity contribution is 9.10. The molecule has 1 aliphatic heterocycles. The second-order valence-electron chi connectivity index (χ2n) is 5.05. The SMILES string of the molecule is N#CC(=Cc1cc(Br)ccc1OCCN1CCCC1)C(=O)O. The Bertz CT molecular complexity index is 616. The molecular formula is C16H17BrN2O3. The van der Waals surface area contributed by atoms with Crippen LogP contribution in [-0.2, 0) is 4.79 Å². The Hall–Kier alpha value is -1.84. The predicted octanol–water partition coefficient (Wildman–Crippen LogP) is 2.92. The van der Waals surface area contributed by atoms with Crippen LogP contribution >= 0.6 is 15.9 Å². The summed E-state index contributed by atoms with van der Waals surface area (Å²) in [6.07, 6.45) is 3.80. The molecule has 2 rings (SSSR count). The molecule has 116 valence electrons. The van der Waals surface area contributed by atoms with Gasteiger partial charge in [0.05, 0.1) is 0 Å². The number of rotatable bonds is 6. The lowest BCUT2D eigenvalue weighted by molar-refractivity contribution is -0.132. The maximum absolute atomic E-state index is 11.0. The van der Waals surface area contributed by atoms with E-state index in [9.17, 15) is 4.79 Å². The third-order valence-electron chi connectivity index (χ3n) is 3.49. The number of benzene rings is 1. The number of hydrogen-bond donors (Lipinski definition) is 1. The summed E-state index contributed by atoms with van der Waals surface area (Å²) >= 11 is 3.34. The number of carbonyl (C=O) groups is 1. The first kappa shape index (κ1) is 16.5. The van der Waals surface area contributed by atoms with Crippen LogP contribution in [0.3, 0.4) is 0 Å². The highest BCUT2D eigenvalue weighted by Crippen LogP contribution is 2.25. The molecule has 0 aliphatic carbocycles. The highest BCUT2D eigenvalue weighted by atomic mass is 79.9. The lowest BCUT2D eigenvalue weighted by Crippen LogP contribution is -2.25. The molecular weight excluding hydrogens is 348 g/mol. The van der Waals surface area contributed by atoms with Gasteiger partial charge < -0.3 is 9.84 Å². The summed E-state index contributed by atoms with van der Waals surface area (Å²) in [6, 6.07) is 7.02. The molecule has 1 N–H and O–H groups in total. The number of nitriles is 1. The van der Waals surface area contributed by atoms with Gasteiger partial charge in [0.1, 0.15) is 24.0 Å². The molecule has 1 aromatic carbocycles. The molecule has 0 unspecified atom stereocenters. The maximum Gasteiger partial charge on any atom is 0.346 e. The standard InChI is InChI=1S/C16H17BrN2O3/c17-14-3-4-15(22-8-7-19-5-1-2-6-19)12(10-14)9-13(11-18)16(20)21/h3-4,9-10H,1-2,5-8H2,(H,20,21). The Morgan fingerprint density at radius 3 is 2.82 bits per heavy atom. The molecule has 1 aliphatic rings. The third-order valence-corrected chi connectivity index (χ3v) is 3.98. The fourth-order valence-corrected chi connectivity index (χ4v) is 2.73. The van der Waals surface area contributed by atoms with E-state index in [1.165, 1.54) is 18.9 Å². The summed E-state index contributed by atoms with van der Waals surface area (Å²) in [5.74, 6) is -0.665. The first-order valence-corrected chi connectivity index (χ1v) is 7.89. The predicted molar refractivity (Wildman–Crippen MR) is 86.5 cm³/mol. The van der Waals surface area contributed by atoms with Crippen LogP contribution in [0.2, 0.25) is 0 Å². The minimum absolute atomic E-state index is 0.317. The second-order valence-corrected chi connectivity index (χ2v) is 5.97. The van der Waals surface area contributed by atoms with E-state index in [4.69, 9.17) is 15.1 Å². The minimum Gasteiger partial charge on any atom is -0.492 e. The van der Waals surface area contributed by atoms with Gasteiger partial charge in [0.2, 0.25) is 0 Å². The molecule has 0 radical (unpaired) electrons. The Morgan fingerprint density at radius 1 is 1.45 bits per heavy atom. The monoisotopic (exact) mass is 364 g/mol. The first-order valence-electron chi connectivity index (χ1n) is 7.10. The van der Waals surface area contributed by atoms with Gasteiger partial charge in [-0.2, -0.15) is 5.26 Å². The number of carboxylic acid groups (broad SMARTS) is 1. The molecule has 0 amide bonds. The van der Waals surface area contributed by atoms with Crippen molar-refractivity contribution in [2.75, 3.05) is 26.2 Å². The smallest absolute Gasteiger partial charge is 0.346 e. The summed E-state index contributed by atoms with van der Waals surface area (Å²) in [6.45, 7) is 3.60. The molecule has 22 heavy (non-hydrogen) atoms. The van der Waals surface area contributed by atoms with E-state index in [2.05, 4.69) is 20.8 Å². The topological polar surface area (TPSA) is 73.6 Å². The van der Waals surface area contributed by atoms with Crippen molar-refractivity contribution in [2.24, 2.45) is 0 Å². The van der Waals surface area contributed by atoms with E-state index < -0.39 is 5.97 Å². The van der Waals surface area contributed by atoms with Crippen molar-refractivity contribution in [3.8, 4) is 11.8 Å². The van der Waals surface area contributed by atoms with Gasteiger partial charge in [-0.1, -0.05) is 15.9 Å². The molecule has 1 aromatic rings. The van der Waals surface area contributed by atoms with E-state index >= 15 is 0 Å². The van der Waals surface area contributed by atoms with Gasteiger partial charge in [-0.05, 0) is 50.2 Å². The number of aliphatic carboxylic acids is 1. The molecule has 1 fully saturated rings. The lowest BCUT2D eigenvalue weighted by atomic mass is 10.1. The van der Waals surface area contributed by atoms with Gasteiger partial charge in [-0.15, -0.1) is 0 Å². The van der Waals surface area contributed by atoms with Gasteiger partial charge in [0.15, 0.2) is 0 Å². The number of likely N-dealkylation sites (tertiary alicyclic amines) is 1. The van der Waals surface area contributed by atoms with Crippen molar-refractivity contribution in [1.82, 2.24) is 4.90 Å². The van der Waals surface area contributed by atoms with Gasteiger partial charge in [-0.25, -0.2) is 4.79 Å². The summed E-state index contributed by atoms with van der Waals surface area (Å²) in [7, 11) is 0. The number of halogens is 1. The Labute approximate surface area is 137 Å². The summed E-state index contributed by atoms with van der Waals surface area (Å²) in [4.78, 5) is 13.3. The molecule has 1 saturated heterocycles. The lowest BCUT2D eigenvalue weighted by Gasteiger charge is -2.16. The normalized spacial score (nSPS) is 15.5. The Balaban J connectivity index is 2.10. The summed E-state index contributed by atoms with van der Waals surface area (Å²) in [5, 5.41) is 17.8. The largest absolute Gasteiger partial charge is 0.492 e. The fourth-order valence-electron chi connectivity index (χ4n) is 2.35. The van der Waals surface area contributed by atoms with Gasteiger partial charge in [0.25, 0.3) is 0 Å². The van der Waals surface area contributed by atoms with Crippen molar-refractivity contribution in [3.05, 3.63) is 33.8 Å². The zero-order valence-corrected chi connectivity index (χ0v) is 13.7. The average Bonchev–Trinajstić information content (AvgIpc) is 2.99. The zero-order chi connectivity index (χ0) is 15.9. The average molecular weight is 365 g/mol. The summed E-state index contributed by atoms with van der Waals surface area (Å²) < 4.78 is 6.57. The van der Waals surface area contributed by atoms with Crippen LogP contribution in [-0.4, -0.2) is 42.2 Å². The summed E-state index contributed by atoms with van der Waals surface area (Å²) in [5.41, 5.74) is 0.261. The zero-order valence-electron chi connectivity index (χ0n) is 12.1. The van der Waals surface area contributed by atoms with Crippen molar-refractivity contribution in [2.45, 2.75) is 12.8 Å². The number of ether oxygens (including phenoxy) is 1. The van der Waals surface area contributed by atoms with E-state index in [1.54, 1.807) is 18.2 Å². The number of carboxylic acids is 1. The van der Waals surface area contributed by atoms with Gasteiger partial charge >= 0.3 is 5.97 Å².